The molecule has 34 heavy (non-hydrogen) atoms. The molecule has 0 radical (unpaired) electrons. The van der Waals surface area contributed by atoms with Crippen LogP contribution in [0.3, 0.4) is 0 Å². The van der Waals surface area contributed by atoms with Crippen molar-refractivity contribution < 1.29 is 29.3 Å². The molecule has 4 N–H and O–H groups in total. The molecule has 0 heterocycles. The third kappa shape index (κ3) is 4.77. The molecular weight excluding hydrogens is 436 g/mol. The lowest BCUT2D eigenvalue weighted by molar-refractivity contribution is -0.143. The first-order chi connectivity index (χ1) is 16.5. The van der Waals surface area contributed by atoms with E-state index >= 15 is 0 Å². The molecule has 3 aromatic carbocycles. The molecule has 0 saturated heterocycles. The molecule has 2 amide bonds. The molecule has 0 fully saturated rings. The Hall–Kier alpha value is -4.17. The Labute approximate surface area is 196 Å². The highest BCUT2D eigenvalue weighted by atomic mass is 16.5. The van der Waals surface area contributed by atoms with Crippen LogP contribution in [0.1, 0.15) is 28.7 Å². The van der Waals surface area contributed by atoms with Crippen molar-refractivity contribution in [1.82, 2.24) is 10.6 Å². The predicted octanol–water partition coefficient (Wildman–Crippen LogP) is 2.83. The molecule has 1 unspecified atom stereocenters. The van der Waals surface area contributed by atoms with E-state index in [0.29, 0.717) is 5.56 Å². The van der Waals surface area contributed by atoms with Gasteiger partial charge in [0.25, 0.3) is 0 Å². The van der Waals surface area contributed by atoms with Crippen LogP contribution in [-0.2, 0) is 14.3 Å². The number of amides is 2. The minimum Gasteiger partial charge on any atom is -0.480 e. The minimum absolute atomic E-state index is 0.0668. The van der Waals surface area contributed by atoms with Crippen LogP contribution in [0, 0.1) is 0 Å². The summed E-state index contributed by atoms with van der Waals surface area (Å²) < 4.78 is 5.52. The fourth-order valence-electron chi connectivity index (χ4n) is 4.14. The zero-order valence-electron chi connectivity index (χ0n) is 18.2. The first kappa shape index (κ1) is 23.0. The number of alkyl carbamates (subject to hydrolysis) is 1. The topological polar surface area (TPSA) is 125 Å². The number of ether oxygens (including phenoxy) is 1. The number of carbonyl (C=O) groups excluding carboxylic acids is 2. The van der Waals surface area contributed by atoms with E-state index in [1.165, 1.54) is 0 Å². The summed E-state index contributed by atoms with van der Waals surface area (Å²) in [5, 5.41) is 23.1. The minimum atomic E-state index is -1.50. The van der Waals surface area contributed by atoms with E-state index in [2.05, 4.69) is 10.6 Å². The monoisotopic (exact) mass is 460 g/mol. The molecule has 174 valence electrons. The normalized spacial score (nSPS) is 13.8. The highest BCUT2D eigenvalue weighted by Crippen LogP contribution is 2.44. The van der Waals surface area contributed by atoms with Gasteiger partial charge in [-0.1, -0.05) is 78.9 Å². The molecule has 8 heteroatoms. The number of benzene rings is 3. The van der Waals surface area contributed by atoms with E-state index in [-0.39, 0.29) is 12.5 Å². The first-order valence-corrected chi connectivity index (χ1v) is 10.8. The highest BCUT2D eigenvalue weighted by Gasteiger charge is 2.31. The van der Waals surface area contributed by atoms with Crippen LogP contribution in [0.25, 0.3) is 11.1 Å². The number of aliphatic hydroxyl groups excluding tert-OH is 1. The smallest absolute Gasteiger partial charge is 0.408 e. The number of aliphatic hydroxyl groups is 1. The third-order valence-corrected chi connectivity index (χ3v) is 5.80. The number of aliphatic carboxylic acids is 1. The van der Waals surface area contributed by atoms with E-state index in [9.17, 15) is 19.5 Å². The van der Waals surface area contributed by atoms with Crippen LogP contribution in [-0.4, -0.2) is 47.4 Å². The molecule has 0 saturated carbocycles. The number of fused-ring (bicyclic) bond motifs is 3. The molecule has 0 bridgehead atoms. The van der Waals surface area contributed by atoms with Crippen molar-refractivity contribution in [2.24, 2.45) is 0 Å². The van der Waals surface area contributed by atoms with Crippen molar-refractivity contribution in [3.8, 4) is 11.1 Å². The second-order valence-electron chi connectivity index (χ2n) is 7.90. The average molecular weight is 460 g/mol. The van der Waals surface area contributed by atoms with E-state index in [1.807, 2.05) is 48.5 Å². The van der Waals surface area contributed by atoms with Crippen molar-refractivity contribution in [1.29, 1.82) is 0 Å². The van der Waals surface area contributed by atoms with E-state index in [4.69, 9.17) is 9.84 Å². The number of rotatable bonds is 8. The van der Waals surface area contributed by atoms with Crippen molar-refractivity contribution in [2.45, 2.75) is 18.0 Å². The number of carboxylic acid groups (broad SMARTS) is 1. The molecule has 1 aliphatic rings. The van der Waals surface area contributed by atoms with Gasteiger partial charge in [0, 0.05) is 5.92 Å². The van der Waals surface area contributed by atoms with Gasteiger partial charge in [-0.05, 0) is 27.8 Å². The lowest BCUT2D eigenvalue weighted by atomic mass is 9.98. The maximum atomic E-state index is 12.8. The van der Waals surface area contributed by atoms with Gasteiger partial charge in [-0.15, -0.1) is 0 Å². The molecule has 1 aliphatic carbocycles. The molecule has 4 rings (SSSR count). The second kappa shape index (κ2) is 10.2. The summed E-state index contributed by atoms with van der Waals surface area (Å²) in [5.74, 6) is -2.31. The second-order valence-corrected chi connectivity index (χ2v) is 7.90. The van der Waals surface area contributed by atoms with Crippen LogP contribution in [0.4, 0.5) is 4.79 Å². The summed E-state index contributed by atoms with van der Waals surface area (Å²) in [6.45, 7) is -0.717. The molecule has 2 atom stereocenters. The quantitative estimate of drug-likeness (QED) is 0.410. The summed E-state index contributed by atoms with van der Waals surface area (Å²) in [4.78, 5) is 36.7. The SMILES string of the molecule is O=C(N[C@@H](C(=O)NC(CO)C(=O)O)c1ccccc1)OCC1c2ccccc2-c2ccccc21. The van der Waals surface area contributed by atoms with Gasteiger partial charge in [-0.2, -0.15) is 0 Å². The Kier molecular flexibility index (Phi) is 6.89. The summed E-state index contributed by atoms with van der Waals surface area (Å²) in [6, 6.07) is 21.6. The van der Waals surface area contributed by atoms with Gasteiger partial charge in [0.2, 0.25) is 5.91 Å². The number of hydrogen-bond donors (Lipinski definition) is 4. The van der Waals surface area contributed by atoms with Crippen LogP contribution in [0.15, 0.2) is 78.9 Å². The fraction of sp³-hybridized carbons (Fsp3) is 0.192. The van der Waals surface area contributed by atoms with Gasteiger partial charge in [-0.25, -0.2) is 9.59 Å². The lowest BCUT2D eigenvalue weighted by Crippen LogP contribution is -2.49. The Balaban J connectivity index is 1.48. The number of carboxylic acids is 1. The zero-order chi connectivity index (χ0) is 24.1. The summed E-state index contributed by atoms with van der Waals surface area (Å²) in [7, 11) is 0. The standard InChI is InChI=1S/C26H24N2O6/c29-14-22(25(31)32)27-24(30)23(16-8-2-1-3-9-16)28-26(33)34-15-21-19-12-6-4-10-17(19)18-11-5-7-13-20(18)21/h1-13,21-23,29H,14-15H2,(H,27,30)(H,28,33)(H,31,32)/t22?,23-/m1/s1. The lowest BCUT2D eigenvalue weighted by Gasteiger charge is -2.21. The van der Waals surface area contributed by atoms with Gasteiger partial charge in [0.1, 0.15) is 18.7 Å². The van der Waals surface area contributed by atoms with Crippen LogP contribution >= 0.6 is 0 Å². The van der Waals surface area contributed by atoms with E-state index in [1.54, 1.807) is 30.3 Å². The predicted molar refractivity (Wildman–Crippen MR) is 124 cm³/mol. The Morgan fingerprint density at radius 2 is 1.38 bits per heavy atom. The van der Waals surface area contributed by atoms with Crippen molar-refractivity contribution in [2.75, 3.05) is 13.2 Å². The highest BCUT2D eigenvalue weighted by molar-refractivity contribution is 5.90. The maximum Gasteiger partial charge on any atom is 0.408 e. The van der Waals surface area contributed by atoms with Gasteiger partial charge >= 0.3 is 12.1 Å². The van der Waals surface area contributed by atoms with Crippen LogP contribution in [0.2, 0.25) is 0 Å². The van der Waals surface area contributed by atoms with Crippen LogP contribution in [0.5, 0.6) is 0 Å². The van der Waals surface area contributed by atoms with Crippen LogP contribution < -0.4 is 10.6 Å². The van der Waals surface area contributed by atoms with Gasteiger partial charge in [0.05, 0.1) is 6.61 Å². The average Bonchev–Trinajstić information content (AvgIpc) is 3.18. The molecule has 8 nitrogen and oxygen atoms in total. The zero-order valence-corrected chi connectivity index (χ0v) is 18.2. The van der Waals surface area contributed by atoms with Gasteiger partial charge < -0.3 is 25.6 Å². The number of carbonyl (C=O) groups is 3. The Morgan fingerprint density at radius 1 is 0.824 bits per heavy atom. The third-order valence-electron chi connectivity index (χ3n) is 5.80. The van der Waals surface area contributed by atoms with Gasteiger partial charge in [0.15, 0.2) is 0 Å². The Bertz CT molecular complexity index is 1150. The van der Waals surface area contributed by atoms with Gasteiger partial charge in [-0.3, -0.25) is 4.79 Å². The maximum absolute atomic E-state index is 12.8. The Morgan fingerprint density at radius 3 is 1.94 bits per heavy atom. The number of hydrogen-bond acceptors (Lipinski definition) is 5. The van der Waals surface area contributed by atoms with Crippen molar-refractivity contribution in [3.05, 3.63) is 95.6 Å². The molecule has 0 aliphatic heterocycles. The molecule has 0 aromatic heterocycles. The van der Waals surface area contributed by atoms with E-state index < -0.39 is 36.7 Å². The molecular formula is C26H24N2O6. The largest absolute Gasteiger partial charge is 0.480 e. The molecule has 0 spiro atoms. The van der Waals surface area contributed by atoms with Crippen molar-refractivity contribution in [3.63, 3.8) is 0 Å². The summed E-state index contributed by atoms with van der Waals surface area (Å²) >= 11 is 0. The van der Waals surface area contributed by atoms with Crippen molar-refractivity contribution >= 4 is 18.0 Å². The fourth-order valence-corrected chi connectivity index (χ4v) is 4.14. The molecule has 3 aromatic rings. The number of nitrogens with one attached hydrogen (secondary N) is 2. The van der Waals surface area contributed by atoms with E-state index in [0.717, 1.165) is 22.3 Å². The summed E-state index contributed by atoms with van der Waals surface area (Å²) in [5.41, 5.74) is 4.74. The summed E-state index contributed by atoms with van der Waals surface area (Å²) in [6.07, 6.45) is -0.818. The first-order valence-electron chi connectivity index (χ1n) is 10.8.